The number of amides is 1. The number of ether oxygens (including phenoxy) is 2. The predicted octanol–water partition coefficient (Wildman–Crippen LogP) is 3.36. The van der Waals surface area contributed by atoms with Gasteiger partial charge in [-0.3, -0.25) is 4.79 Å². The van der Waals surface area contributed by atoms with Crippen molar-refractivity contribution >= 4 is 17.6 Å². The van der Waals surface area contributed by atoms with Crippen LogP contribution in [0.4, 0.5) is 5.69 Å². The van der Waals surface area contributed by atoms with E-state index < -0.39 is 5.97 Å². The van der Waals surface area contributed by atoms with Gasteiger partial charge in [-0.15, -0.1) is 0 Å². The van der Waals surface area contributed by atoms with E-state index in [1.165, 1.54) is 0 Å². The summed E-state index contributed by atoms with van der Waals surface area (Å²) in [6.07, 6.45) is 0.260. The Morgan fingerprint density at radius 3 is 2.12 bits per heavy atom. The van der Waals surface area contributed by atoms with Crippen LogP contribution < -0.4 is 14.8 Å². The monoisotopic (exact) mass is 325 g/mol. The van der Waals surface area contributed by atoms with E-state index in [1.54, 1.807) is 38.3 Å². The second-order valence-corrected chi connectivity index (χ2v) is 5.27. The summed E-state index contributed by atoms with van der Waals surface area (Å²) >= 11 is 0. The van der Waals surface area contributed by atoms with Crippen molar-refractivity contribution in [3.63, 3.8) is 0 Å². The van der Waals surface area contributed by atoms with E-state index in [0.717, 1.165) is 11.3 Å². The highest BCUT2D eigenvalue weighted by molar-refractivity contribution is 5.92. The summed E-state index contributed by atoms with van der Waals surface area (Å²) in [5.41, 5.74) is 1.84. The first-order valence-electron chi connectivity index (χ1n) is 7.38. The van der Waals surface area contributed by atoms with Gasteiger partial charge >= 0.3 is 5.97 Å². The molecule has 0 spiro atoms. The first-order valence-corrected chi connectivity index (χ1v) is 7.38. The van der Waals surface area contributed by atoms with E-state index in [-0.39, 0.29) is 12.3 Å². The second kappa shape index (κ2) is 7.97. The van der Waals surface area contributed by atoms with Gasteiger partial charge in [-0.2, -0.15) is 0 Å². The Hall–Kier alpha value is -3.08. The highest BCUT2D eigenvalue weighted by Crippen LogP contribution is 2.17. The van der Waals surface area contributed by atoms with E-state index >= 15 is 0 Å². The molecule has 0 heterocycles. The normalized spacial score (nSPS) is 9.92. The van der Waals surface area contributed by atoms with Crippen molar-refractivity contribution in [1.29, 1.82) is 0 Å². The maximum absolute atomic E-state index is 12.0. The van der Waals surface area contributed by atoms with Gasteiger partial charge in [-0.05, 0) is 48.9 Å². The van der Waals surface area contributed by atoms with Crippen molar-refractivity contribution in [1.82, 2.24) is 0 Å². The van der Waals surface area contributed by atoms with Crippen LogP contribution in [0.3, 0.4) is 0 Å². The molecule has 2 rings (SSSR count). The summed E-state index contributed by atoms with van der Waals surface area (Å²) in [6.45, 7) is 5.10. The molecule has 0 aliphatic heterocycles. The number of benzene rings is 2. The lowest BCUT2D eigenvalue weighted by atomic mass is 10.1. The molecule has 1 N–H and O–H groups in total. The molecular formula is C19H19NO4. The zero-order chi connectivity index (χ0) is 17.5. The van der Waals surface area contributed by atoms with Crippen LogP contribution in [0.1, 0.15) is 12.5 Å². The maximum atomic E-state index is 12.0. The first kappa shape index (κ1) is 17.3. The van der Waals surface area contributed by atoms with Crippen LogP contribution in [0, 0.1) is 0 Å². The molecule has 0 aliphatic rings. The molecule has 0 fully saturated rings. The van der Waals surface area contributed by atoms with Gasteiger partial charge in [0, 0.05) is 11.3 Å². The van der Waals surface area contributed by atoms with Gasteiger partial charge in [-0.1, -0.05) is 18.7 Å². The minimum absolute atomic E-state index is 0.133. The molecule has 5 heteroatoms. The van der Waals surface area contributed by atoms with Gasteiger partial charge in [-0.25, -0.2) is 4.79 Å². The number of carbonyl (C=O) groups is 2. The third kappa shape index (κ3) is 4.98. The molecular weight excluding hydrogens is 306 g/mol. The molecule has 1 amide bonds. The zero-order valence-corrected chi connectivity index (χ0v) is 13.7. The molecule has 24 heavy (non-hydrogen) atoms. The molecule has 0 aliphatic carbocycles. The van der Waals surface area contributed by atoms with E-state index in [2.05, 4.69) is 11.9 Å². The Morgan fingerprint density at radius 1 is 1.00 bits per heavy atom. The van der Waals surface area contributed by atoms with E-state index in [9.17, 15) is 9.59 Å². The van der Waals surface area contributed by atoms with E-state index in [4.69, 9.17) is 9.47 Å². The molecule has 0 saturated carbocycles. The number of methoxy groups -OCH3 is 1. The van der Waals surface area contributed by atoms with Gasteiger partial charge in [0.25, 0.3) is 0 Å². The standard InChI is InChI=1S/C19H19NO4/c1-13(2)19(22)24-17-10-6-15(7-11-17)20-18(21)12-14-4-8-16(23-3)9-5-14/h4-11H,1,12H2,2-3H3,(H,20,21). The number of carbonyl (C=O) groups excluding carboxylic acids is 2. The second-order valence-electron chi connectivity index (χ2n) is 5.27. The van der Waals surface area contributed by atoms with Crippen LogP contribution in [-0.2, 0) is 16.0 Å². The summed E-state index contributed by atoms with van der Waals surface area (Å²) in [7, 11) is 1.60. The Balaban J connectivity index is 1.91. The lowest BCUT2D eigenvalue weighted by molar-refractivity contribution is -0.130. The fourth-order valence-corrected chi connectivity index (χ4v) is 1.93. The molecule has 0 atom stereocenters. The number of esters is 1. The summed E-state index contributed by atoms with van der Waals surface area (Å²) in [4.78, 5) is 23.5. The smallest absolute Gasteiger partial charge is 0.338 e. The molecule has 0 unspecified atom stereocenters. The van der Waals surface area contributed by atoms with Crippen molar-refractivity contribution in [2.45, 2.75) is 13.3 Å². The number of hydrogen-bond donors (Lipinski definition) is 1. The Kier molecular flexibility index (Phi) is 5.73. The van der Waals surface area contributed by atoms with Crippen molar-refractivity contribution < 1.29 is 19.1 Å². The number of anilines is 1. The molecule has 2 aromatic rings. The number of hydrogen-bond acceptors (Lipinski definition) is 4. The van der Waals surface area contributed by atoms with Gasteiger partial charge in [0.05, 0.1) is 13.5 Å². The average Bonchev–Trinajstić information content (AvgIpc) is 2.57. The average molecular weight is 325 g/mol. The van der Waals surface area contributed by atoms with Crippen molar-refractivity contribution in [3.05, 3.63) is 66.2 Å². The molecule has 124 valence electrons. The fraction of sp³-hybridized carbons (Fsp3) is 0.158. The third-order valence-corrected chi connectivity index (χ3v) is 3.22. The Morgan fingerprint density at radius 2 is 1.58 bits per heavy atom. The minimum Gasteiger partial charge on any atom is -0.497 e. The van der Waals surface area contributed by atoms with Crippen LogP contribution in [0.15, 0.2) is 60.7 Å². The van der Waals surface area contributed by atoms with Crippen molar-refractivity contribution in [3.8, 4) is 11.5 Å². The van der Waals surface area contributed by atoms with E-state index in [1.807, 2.05) is 24.3 Å². The summed E-state index contributed by atoms with van der Waals surface area (Å²) in [5.74, 6) is 0.536. The van der Waals surface area contributed by atoms with Crippen molar-refractivity contribution in [2.24, 2.45) is 0 Å². The van der Waals surface area contributed by atoms with Crippen LogP contribution in [0.5, 0.6) is 11.5 Å². The molecule has 0 aromatic heterocycles. The maximum Gasteiger partial charge on any atom is 0.338 e. The quantitative estimate of drug-likeness (QED) is 0.502. The predicted molar refractivity (Wildman–Crippen MR) is 92.2 cm³/mol. The largest absolute Gasteiger partial charge is 0.497 e. The highest BCUT2D eigenvalue weighted by Gasteiger charge is 2.07. The Bertz CT molecular complexity index is 733. The van der Waals surface area contributed by atoms with Gasteiger partial charge in [0.15, 0.2) is 0 Å². The minimum atomic E-state index is -0.480. The highest BCUT2D eigenvalue weighted by atomic mass is 16.5. The summed E-state index contributed by atoms with van der Waals surface area (Å²) in [6, 6.07) is 13.9. The molecule has 5 nitrogen and oxygen atoms in total. The van der Waals surface area contributed by atoms with Crippen LogP contribution in [-0.4, -0.2) is 19.0 Å². The molecule has 0 radical (unpaired) electrons. The fourth-order valence-electron chi connectivity index (χ4n) is 1.93. The van der Waals surface area contributed by atoms with E-state index in [0.29, 0.717) is 17.0 Å². The first-order chi connectivity index (χ1) is 11.5. The molecule has 0 saturated heterocycles. The van der Waals surface area contributed by atoms with Gasteiger partial charge in [0.2, 0.25) is 5.91 Å². The van der Waals surface area contributed by atoms with Crippen LogP contribution in [0.25, 0.3) is 0 Å². The topological polar surface area (TPSA) is 64.6 Å². The van der Waals surface area contributed by atoms with Gasteiger partial charge < -0.3 is 14.8 Å². The van der Waals surface area contributed by atoms with Crippen molar-refractivity contribution in [2.75, 3.05) is 12.4 Å². The summed E-state index contributed by atoms with van der Waals surface area (Å²) < 4.78 is 10.2. The lowest BCUT2D eigenvalue weighted by Gasteiger charge is -2.08. The van der Waals surface area contributed by atoms with Crippen LogP contribution >= 0.6 is 0 Å². The zero-order valence-electron chi connectivity index (χ0n) is 13.7. The summed E-state index contributed by atoms with van der Waals surface area (Å²) in [5, 5.41) is 2.79. The molecule has 2 aromatic carbocycles. The Labute approximate surface area is 140 Å². The van der Waals surface area contributed by atoms with Crippen LogP contribution in [0.2, 0.25) is 0 Å². The lowest BCUT2D eigenvalue weighted by Crippen LogP contribution is -2.14. The number of rotatable bonds is 6. The SMILES string of the molecule is C=C(C)C(=O)Oc1ccc(NC(=O)Cc2ccc(OC)cc2)cc1. The number of nitrogens with one attached hydrogen (secondary N) is 1. The molecule has 0 bridgehead atoms. The van der Waals surface area contributed by atoms with Gasteiger partial charge in [0.1, 0.15) is 11.5 Å². The third-order valence-electron chi connectivity index (χ3n) is 3.22.